The number of fused-ring (bicyclic) bond motifs is 1. The van der Waals surface area contributed by atoms with Crippen LogP contribution in [0.25, 0.3) is 22.0 Å². The Morgan fingerprint density at radius 3 is 1.96 bits per heavy atom. The van der Waals surface area contributed by atoms with Crippen LogP contribution in [0.3, 0.4) is 0 Å². The summed E-state index contributed by atoms with van der Waals surface area (Å²) in [6.45, 7) is 3.98. The third-order valence-electron chi connectivity index (χ3n) is 4.62. The molecular formula is C22H19NO2S. The molecule has 0 aliphatic carbocycles. The highest BCUT2D eigenvalue weighted by Gasteiger charge is 2.21. The highest BCUT2D eigenvalue weighted by atomic mass is 32.2. The molecular weight excluding hydrogens is 342 g/mol. The molecule has 3 aromatic carbocycles. The maximum atomic E-state index is 13.2. The largest absolute Gasteiger partial charge is 0.268 e. The van der Waals surface area contributed by atoms with Crippen molar-refractivity contribution in [3.63, 3.8) is 0 Å². The van der Waals surface area contributed by atoms with Gasteiger partial charge in [0.05, 0.1) is 10.4 Å². The van der Waals surface area contributed by atoms with Gasteiger partial charge >= 0.3 is 0 Å². The Labute approximate surface area is 153 Å². The van der Waals surface area contributed by atoms with Crippen molar-refractivity contribution in [3.05, 3.63) is 90.1 Å². The number of aromatic nitrogens is 1. The first-order valence-electron chi connectivity index (χ1n) is 8.46. The second-order valence-corrected chi connectivity index (χ2v) is 8.35. The van der Waals surface area contributed by atoms with Gasteiger partial charge in [0, 0.05) is 17.1 Å². The monoisotopic (exact) mass is 361 g/mol. The summed E-state index contributed by atoms with van der Waals surface area (Å²) in [6.07, 6.45) is 1.73. The van der Waals surface area contributed by atoms with E-state index in [0.717, 1.165) is 22.1 Å². The van der Waals surface area contributed by atoms with Crippen molar-refractivity contribution in [1.82, 2.24) is 3.97 Å². The third kappa shape index (κ3) is 2.72. The Hall–Kier alpha value is -2.85. The van der Waals surface area contributed by atoms with E-state index in [9.17, 15) is 8.42 Å². The molecule has 0 spiro atoms. The van der Waals surface area contributed by atoms with Crippen molar-refractivity contribution in [2.24, 2.45) is 0 Å². The lowest BCUT2D eigenvalue weighted by Gasteiger charge is -2.07. The minimum absolute atomic E-state index is 0.291. The van der Waals surface area contributed by atoms with E-state index in [-0.39, 0.29) is 0 Å². The average molecular weight is 361 g/mol. The van der Waals surface area contributed by atoms with Gasteiger partial charge in [-0.15, -0.1) is 0 Å². The van der Waals surface area contributed by atoms with Gasteiger partial charge in [-0.2, -0.15) is 0 Å². The van der Waals surface area contributed by atoms with Crippen LogP contribution in [0, 0.1) is 13.8 Å². The second kappa shape index (κ2) is 6.15. The smallest absolute Gasteiger partial charge is 0.241 e. The molecule has 0 fully saturated rings. The van der Waals surface area contributed by atoms with Gasteiger partial charge in [0.15, 0.2) is 0 Å². The molecule has 0 radical (unpaired) electrons. The van der Waals surface area contributed by atoms with Gasteiger partial charge in [-0.05, 0) is 37.6 Å². The van der Waals surface area contributed by atoms with Gasteiger partial charge < -0.3 is 0 Å². The highest BCUT2D eigenvalue weighted by Crippen LogP contribution is 2.33. The molecule has 4 rings (SSSR count). The number of para-hydroxylation sites is 1. The average Bonchev–Trinajstić information content (AvgIpc) is 3.03. The van der Waals surface area contributed by atoms with E-state index in [2.05, 4.69) is 0 Å². The molecule has 0 unspecified atom stereocenters. The minimum atomic E-state index is -3.66. The van der Waals surface area contributed by atoms with Crippen LogP contribution in [0.4, 0.5) is 0 Å². The number of aryl methyl sites for hydroxylation is 2. The van der Waals surface area contributed by atoms with E-state index < -0.39 is 10.0 Å². The van der Waals surface area contributed by atoms with Crippen LogP contribution in [-0.4, -0.2) is 12.4 Å². The second-order valence-electron chi connectivity index (χ2n) is 6.54. The van der Waals surface area contributed by atoms with E-state index in [0.29, 0.717) is 10.4 Å². The van der Waals surface area contributed by atoms with Crippen LogP contribution in [0.15, 0.2) is 83.9 Å². The quantitative estimate of drug-likeness (QED) is 0.505. The molecule has 0 saturated heterocycles. The van der Waals surface area contributed by atoms with Crippen LogP contribution in [0.1, 0.15) is 11.1 Å². The Morgan fingerprint density at radius 1 is 0.731 bits per heavy atom. The lowest BCUT2D eigenvalue weighted by atomic mass is 10.0. The molecule has 130 valence electrons. The van der Waals surface area contributed by atoms with Crippen molar-refractivity contribution >= 4 is 20.9 Å². The van der Waals surface area contributed by atoms with Gasteiger partial charge in [0.2, 0.25) is 0 Å². The van der Waals surface area contributed by atoms with E-state index in [1.807, 2.05) is 74.5 Å². The molecule has 0 aliphatic rings. The minimum Gasteiger partial charge on any atom is -0.241 e. The summed E-state index contributed by atoms with van der Waals surface area (Å²) in [5.74, 6) is 0. The summed E-state index contributed by atoms with van der Waals surface area (Å²) in [5, 5.41) is 0.923. The summed E-state index contributed by atoms with van der Waals surface area (Å²) in [4.78, 5) is 0.291. The normalized spacial score (nSPS) is 11.8. The van der Waals surface area contributed by atoms with Gasteiger partial charge in [-0.25, -0.2) is 12.4 Å². The van der Waals surface area contributed by atoms with Gasteiger partial charge in [0.25, 0.3) is 10.0 Å². The lowest BCUT2D eigenvalue weighted by molar-refractivity contribution is 0.589. The Morgan fingerprint density at radius 2 is 1.31 bits per heavy atom. The molecule has 0 bridgehead atoms. The number of hydrogen-bond acceptors (Lipinski definition) is 2. The molecule has 3 nitrogen and oxygen atoms in total. The standard InChI is InChI=1S/C22H19NO2S/c1-16-7-11-18(12-8-16)21-15-23(22-6-4-3-5-20(21)22)26(24,25)19-13-9-17(2)10-14-19/h3-15H,1-2H3. The van der Waals surface area contributed by atoms with E-state index in [4.69, 9.17) is 0 Å². The fourth-order valence-corrected chi connectivity index (χ4v) is 4.51. The molecule has 0 amide bonds. The Bertz CT molecular complexity index is 1190. The number of benzene rings is 3. The van der Waals surface area contributed by atoms with E-state index in [1.54, 1.807) is 18.3 Å². The van der Waals surface area contributed by atoms with Crippen LogP contribution in [-0.2, 0) is 10.0 Å². The first-order valence-corrected chi connectivity index (χ1v) is 9.90. The van der Waals surface area contributed by atoms with Crippen LogP contribution in [0.2, 0.25) is 0 Å². The topological polar surface area (TPSA) is 39.1 Å². The molecule has 0 saturated carbocycles. The predicted molar refractivity (Wildman–Crippen MR) is 106 cm³/mol. The lowest BCUT2D eigenvalue weighted by Crippen LogP contribution is -2.11. The number of nitrogens with zero attached hydrogens (tertiary/aromatic N) is 1. The van der Waals surface area contributed by atoms with Crippen molar-refractivity contribution in [2.75, 3.05) is 0 Å². The van der Waals surface area contributed by atoms with Gasteiger partial charge in [-0.1, -0.05) is 65.7 Å². The van der Waals surface area contributed by atoms with Gasteiger partial charge in [-0.3, -0.25) is 0 Å². The zero-order chi connectivity index (χ0) is 18.3. The maximum absolute atomic E-state index is 13.2. The van der Waals surface area contributed by atoms with Crippen molar-refractivity contribution in [1.29, 1.82) is 0 Å². The molecule has 0 aliphatic heterocycles. The van der Waals surface area contributed by atoms with Crippen molar-refractivity contribution in [2.45, 2.75) is 18.7 Å². The fourth-order valence-electron chi connectivity index (χ4n) is 3.14. The van der Waals surface area contributed by atoms with E-state index in [1.165, 1.54) is 9.54 Å². The Kier molecular flexibility index (Phi) is 3.93. The maximum Gasteiger partial charge on any atom is 0.268 e. The van der Waals surface area contributed by atoms with Crippen LogP contribution >= 0.6 is 0 Å². The summed E-state index contributed by atoms with van der Waals surface area (Å²) in [7, 11) is -3.66. The van der Waals surface area contributed by atoms with E-state index >= 15 is 0 Å². The zero-order valence-electron chi connectivity index (χ0n) is 14.7. The Balaban J connectivity index is 1.96. The van der Waals surface area contributed by atoms with Crippen LogP contribution < -0.4 is 0 Å². The first-order chi connectivity index (χ1) is 12.5. The molecule has 26 heavy (non-hydrogen) atoms. The van der Waals surface area contributed by atoms with Gasteiger partial charge in [0.1, 0.15) is 0 Å². The molecule has 0 N–H and O–H groups in total. The number of rotatable bonds is 3. The van der Waals surface area contributed by atoms with Crippen molar-refractivity contribution < 1.29 is 8.42 Å². The number of hydrogen-bond donors (Lipinski definition) is 0. The molecule has 1 heterocycles. The fraction of sp³-hybridized carbons (Fsp3) is 0.0909. The predicted octanol–water partition coefficient (Wildman–Crippen LogP) is 5.16. The summed E-state index contributed by atoms with van der Waals surface area (Å²) >= 11 is 0. The highest BCUT2D eigenvalue weighted by molar-refractivity contribution is 7.90. The first kappa shape index (κ1) is 16.6. The van der Waals surface area contributed by atoms with Crippen LogP contribution in [0.5, 0.6) is 0 Å². The molecule has 1 aromatic heterocycles. The molecule has 4 aromatic rings. The zero-order valence-corrected chi connectivity index (χ0v) is 15.5. The SMILES string of the molecule is Cc1ccc(-c2cn(S(=O)(=O)c3ccc(C)cc3)c3ccccc23)cc1. The summed E-state index contributed by atoms with van der Waals surface area (Å²) in [5.41, 5.74) is 4.80. The van der Waals surface area contributed by atoms with Crippen molar-refractivity contribution in [3.8, 4) is 11.1 Å². The summed E-state index contributed by atoms with van der Waals surface area (Å²) in [6, 6.07) is 22.7. The third-order valence-corrected chi connectivity index (χ3v) is 6.31. The molecule has 0 atom stereocenters. The summed E-state index contributed by atoms with van der Waals surface area (Å²) < 4.78 is 27.8. The molecule has 4 heteroatoms.